The number of methoxy groups -OCH3 is 1. The van der Waals surface area contributed by atoms with Crippen LogP contribution in [0.4, 0.5) is 0 Å². The normalized spacial score (nSPS) is 25.8. The average molecular weight is 360 g/mol. The van der Waals surface area contributed by atoms with Gasteiger partial charge in [-0.2, -0.15) is 15.8 Å². The zero-order valence-electron chi connectivity index (χ0n) is 14.8. The van der Waals surface area contributed by atoms with Gasteiger partial charge < -0.3 is 15.5 Å². The Bertz CT molecular complexity index is 929. The minimum Gasteiger partial charge on any atom is -0.465 e. The molecule has 0 amide bonds. The Balaban J connectivity index is 2.12. The first-order chi connectivity index (χ1) is 13.0. The first-order valence-corrected chi connectivity index (χ1v) is 8.55. The van der Waals surface area contributed by atoms with Crippen molar-refractivity contribution in [1.29, 1.82) is 21.2 Å². The quantitative estimate of drug-likeness (QED) is 0.595. The highest BCUT2D eigenvalue weighted by Crippen LogP contribution is 2.50. The molecule has 27 heavy (non-hydrogen) atoms. The molecule has 0 spiro atoms. The number of esters is 1. The number of nitrogens with zero attached hydrogens (tertiary/aromatic N) is 3. The Morgan fingerprint density at radius 2 is 1.93 bits per heavy atom. The average Bonchev–Trinajstić information content (AvgIpc) is 2.73. The molecule has 2 aliphatic rings. The van der Waals surface area contributed by atoms with Gasteiger partial charge in [-0.05, 0) is 29.3 Å². The van der Waals surface area contributed by atoms with E-state index in [1.807, 2.05) is 18.2 Å². The van der Waals surface area contributed by atoms with Crippen LogP contribution in [-0.2, 0) is 4.74 Å². The maximum Gasteiger partial charge on any atom is 0.337 e. The lowest BCUT2D eigenvalue weighted by molar-refractivity contribution is -0.654. The number of quaternary nitrogens is 1. The van der Waals surface area contributed by atoms with Crippen LogP contribution < -0.4 is 5.32 Å². The van der Waals surface area contributed by atoms with Gasteiger partial charge in [0.25, 0.3) is 0 Å². The topological polar surface area (TPSA) is 138 Å². The second-order valence-electron chi connectivity index (χ2n) is 6.66. The molecule has 1 aliphatic carbocycles. The van der Waals surface area contributed by atoms with E-state index in [0.717, 1.165) is 5.56 Å². The lowest BCUT2D eigenvalue weighted by Crippen LogP contribution is -2.87. The van der Waals surface area contributed by atoms with Crippen molar-refractivity contribution in [1.82, 2.24) is 0 Å². The Hall–Kier alpha value is -3.47. The molecule has 7 heteroatoms. The molecule has 1 aromatic carbocycles. The lowest BCUT2D eigenvalue weighted by atomic mass is 9.55. The Morgan fingerprint density at radius 1 is 1.26 bits per heavy atom. The Kier molecular flexibility index (Phi) is 4.77. The Labute approximate surface area is 157 Å². The number of rotatable bonds is 2. The SMILES string of the molecule is COC(=O)c1ccc([C@H]2C(C#N)C(=N)C(C#N)(C#N)C3=CC[NH2+]C[C@@H]32)cc1. The van der Waals surface area contributed by atoms with Crippen LogP contribution in [0.1, 0.15) is 21.8 Å². The van der Waals surface area contributed by atoms with Gasteiger partial charge in [0.2, 0.25) is 5.41 Å². The van der Waals surface area contributed by atoms with E-state index < -0.39 is 17.3 Å². The summed E-state index contributed by atoms with van der Waals surface area (Å²) in [6.45, 7) is 1.27. The summed E-state index contributed by atoms with van der Waals surface area (Å²) in [6.07, 6.45) is 1.85. The van der Waals surface area contributed by atoms with Crippen molar-refractivity contribution in [2.75, 3.05) is 20.2 Å². The molecule has 1 fully saturated rings. The van der Waals surface area contributed by atoms with E-state index in [9.17, 15) is 20.6 Å². The fourth-order valence-electron chi connectivity index (χ4n) is 4.14. The number of fused-ring (bicyclic) bond motifs is 1. The summed E-state index contributed by atoms with van der Waals surface area (Å²) in [5, 5.41) is 39.8. The molecule has 0 bridgehead atoms. The summed E-state index contributed by atoms with van der Waals surface area (Å²) in [7, 11) is 1.31. The van der Waals surface area contributed by atoms with Gasteiger partial charge in [0.15, 0.2) is 0 Å². The highest BCUT2D eigenvalue weighted by Gasteiger charge is 2.56. The minimum absolute atomic E-state index is 0.165. The highest BCUT2D eigenvalue weighted by molar-refractivity contribution is 6.01. The van der Waals surface area contributed by atoms with Crippen molar-refractivity contribution in [3.63, 3.8) is 0 Å². The van der Waals surface area contributed by atoms with Gasteiger partial charge in [-0.25, -0.2) is 4.79 Å². The molecule has 0 saturated heterocycles. The first-order valence-electron chi connectivity index (χ1n) is 8.55. The number of ether oxygens (including phenoxy) is 1. The zero-order valence-corrected chi connectivity index (χ0v) is 14.8. The van der Waals surface area contributed by atoms with E-state index in [4.69, 9.17) is 10.1 Å². The molecular formula is C20H18N5O2+. The summed E-state index contributed by atoms with van der Waals surface area (Å²) in [6, 6.07) is 12.9. The van der Waals surface area contributed by atoms with Crippen LogP contribution in [0.15, 0.2) is 35.9 Å². The molecule has 1 unspecified atom stereocenters. The van der Waals surface area contributed by atoms with Crippen LogP contribution in [0.5, 0.6) is 0 Å². The van der Waals surface area contributed by atoms with Gasteiger partial charge in [0, 0.05) is 11.8 Å². The van der Waals surface area contributed by atoms with Crippen molar-refractivity contribution in [2.45, 2.75) is 5.92 Å². The van der Waals surface area contributed by atoms with Crippen molar-refractivity contribution in [3.8, 4) is 18.2 Å². The second-order valence-corrected chi connectivity index (χ2v) is 6.66. The first kappa shape index (κ1) is 18.3. The number of hydrogen-bond acceptors (Lipinski definition) is 6. The summed E-state index contributed by atoms with van der Waals surface area (Å²) in [5.74, 6) is -1.90. The largest absolute Gasteiger partial charge is 0.465 e. The van der Waals surface area contributed by atoms with Crippen LogP contribution in [0, 0.1) is 56.7 Å². The van der Waals surface area contributed by atoms with Crippen molar-refractivity contribution in [2.24, 2.45) is 17.3 Å². The van der Waals surface area contributed by atoms with Gasteiger partial charge >= 0.3 is 5.97 Å². The van der Waals surface area contributed by atoms with Crippen LogP contribution >= 0.6 is 0 Å². The summed E-state index contributed by atoms with van der Waals surface area (Å²) >= 11 is 0. The number of nitrogens with one attached hydrogen (secondary N) is 1. The molecule has 3 atom stereocenters. The molecule has 3 N–H and O–H groups in total. The predicted molar refractivity (Wildman–Crippen MR) is 94.2 cm³/mol. The van der Waals surface area contributed by atoms with Crippen LogP contribution in [0.25, 0.3) is 0 Å². The third kappa shape index (κ3) is 2.68. The summed E-state index contributed by atoms with van der Waals surface area (Å²) < 4.78 is 4.71. The summed E-state index contributed by atoms with van der Waals surface area (Å²) in [4.78, 5) is 11.7. The molecule has 0 aromatic heterocycles. The van der Waals surface area contributed by atoms with E-state index in [0.29, 0.717) is 24.2 Å². The lowest BCUT2D eigenvalue weighted by Gasteiger charge is -2.44. The zero-order chi connectivity index (χ0) is 19.6. The van der Waals surface area contributed by atoms with Crippen LogP contribution in [0.3, 0.4) is 0 Å². The number of hydrogen-bond donors (Lipinski definition) is 2. The van der Waals surface area contributed by atoms with Crippen LogP contribution in [0.2, 0.25) is 0 Å². The number of nitriles is 3. The molecular weight excluding hydrogens is 342 g/mol. The van der Waals surface area contributed by atoms with Gasteiger partial charge in [-0.15, -0.1) is 0 Å². The number of nitrogens with two attached hydrogens (primary N) is 1. The van der Waals surface area contributed by atoms with E-state index >= 15 is 0 Å². The van der Waals surface area contributed by atoms with E-state index in [-0.39, 0.29) is 17.5 Å². The predicted octanol–water partition coefficient (Wildman–Crippen LogP) is 0.883. The maximum atomic E-state index is 11.7. The van der Waals surface area contributed by atoms with Gasteiger partial charge in [-0.1, -0.05) is 12.1 Å². The highest BCUT2D eigenvalue weighted by atomic mass is 16.5. The fourth-order valence-corrected chi connectivity index (χ4v) is 4.14. The van der Waals surface area contributed by atoms with Gasteiger partial charge in [0.1, 0.15) is 0 Å². The number of carbonyl (C=O) groups excluding carboxylic acids is 1. The molecule has 134 valence electrons. The molecule has 3 rings (SSSR count). The summed E-state index contributed by atoms with van der Waals surface area (Å²) in [5.41, 5.74) is -0.0264. The standard InChI is InChI=1S/C20H17N5O2/c1-27-19(26)13-4-2-12(3-5-13)17-14(8-21)18(24)20(10-22,11-23)16-6-7-25-9-15(16)17/h2-6,14-15,17,24-25H,7,9H2,1H3/p+1/t14?,15-,17-/m0/s1. The number of benzene rings is 1. The van der Waals surface area contributed by atoms with Crippen molar-refractivity contribution < 1.29 is 14.8 Å². The molecule has 1 saturated carbocycles. The van der Waals surface area contributed by atoms with Crippen molar-refractivity contribution >= 4 is 11.7 Å². The van der Waals surface area contributed by atoms with E-state index in [2.05, 4.69) is 11.4 Å². The molecule has 1 heterocycles. The van der Waals surface area contributed by atoms with Gasteiger partial charge in [-0.3, -0.25) is 0 Å². The smallest absolute Gasteiger partial charge is 0.337 e. The molecule has 1 aromatic rings. The third-order valence-corrected chi connectivity index (χ3v) is 5.46. The fraction of sp³-hybridized carbons (Fsp3) is 0.350. The van der Waals surface area contributed by atoms with Crippen molar-refractivity contribution in [3.05, 3.63) is 47.0 Å². The monoisotopic (exact) mass is 360 g/mol. The van der Waals surface area contributed by atoms with Crippen LogP contribution in [-0.4, -0.2) is 31.9 Å². The molecule has 7 nitrogen and oxygen atoms in total. The molecule has 1 aliphatic heterocycles. The molecule has 0 radical (unpaired) electrons. The van der Waals surface area contributed by atoms with Gasteiger partial charge in [0.05, 0.1) is 55.6 Å². The van der Waals surface area contributed by atoms with E-state index in [1.165, 1.54) is 7.11 Å². The maximum absolute atomic E-state index is 11.7. The Morgan fingerprint density at radius 3 is 2.48 bits per heavy atom. The van der Waals surface area contributed by atoms with E-state index in [1.54, 1.807) is 24.3 Å². The number of carbonyl (C=O) groups is 1. The second kappa shape index (κ2) is 7.03. The third-order valence-electron chi connectivity index (χ3n) is 5.46. The minimum atomic E-state index is -1.68.